The van der Waals surface area contributed by atoms with Gasteiger partial charge in [0, 0.05) is 32.1 Å². The Labute approximate surface area is 93.4 Å². The van der Waals surface area contributed by atoms with Gasteiger partial charge in [-0.15, -0.1) is 0 Å². The van der Waals surface area contributed by atoms with Crippen LogP contribution in [0.3, 0.4) is 0 Å². The number of amides is 1. The highest BCUT2D eigenvalue weighted by Crippen LogP contribution is 2.12. The molecule has 1 unspecified atom stereocenters. The highest BCUT2D eigenvalue weighted by atomic mass is 16.2. The summed E-state index contributed by atoms with van der Waals surface area (Å²) in [5.74, 6) is 0.574. The Morgan fingerprint density at radius 2 is 1.87 bits per heavy atom. The third-order valence-corrected chi connectivity index (χ3v) is 3.23. The largest absolute Gasteiger partial charge is 0.340 e. The standard InChI is InChI=1S/C12H24N2O/c1-4-5-6-11(2)12(15)14-9-7-13(3)8-10-14/h11H,4-10H2,1-3H3. The van der Waals surface area contributed by atoms with Gasteiger partial charge in [0.25, 0.3) is 0 Å². The lowest BCUT2D eigenvalue weighted by Crippen LogP contribution is -2.48. The maximum absolute atomic E-state index is 12.0. The van der Waals surface area contributed by atoms with Crippen LogP contribution in [0.4, 0.5) is 0 Å². The first-order valence-electron chi connectivity index (χ1n) is 6.12. The molecule has 1 aliphatic heterocycles. The van der Waals surface area contributed by atoms with Crippen LogP contribution < -0.4 is 0 Å². The molecule has 15 heavy (non-hydrogen) atoms. The summed E-state index contributed by atoms with van der Waals surface area (Å²) in [6.45, 7) is 8.10. The Morgan fingerprint density at radius 1 is 1.27 bits per heavy atom. The fraction of sp³-hybridized carbons (Fsp3) is 0.917. The topological polar surface area (TPSA) is 23.6 Å². The van der Waals surface area contributed by atoms with Crippen molar-refractivity contribution in [2.24, 2.45) is 5.92 Å². The molecule has 88 valence electrons. The van der Waals surface area contributed by atoms with Crippen molar-refractivity contribution in [1.82, 2.24) is 9.80 Å². The Morgan fingerprint density at radius 3 is 2.40 bits per heavy atom. The van der Waals surface area contributed by atoms with Crippen molar-refractivity contribution in [2.45, 2.75) is 33.1 Å². The smallest absolute Gasteiger partial charge is 0.225 e. The van der Waals surface area contributed by atoms with E-state index in [1.165, 1.54) is 12.8 Å². The summed E-state index contributed by atoms with van der Waals surface area (Å²) in [6.07, 6.45) is 3.39. The van der Waals surface area contributed by atoms with E-state index in [2.05, 4.69) is 25.8 Å². The zero-order valence-corrected chi connectivity index (χ0v) is 10.3. The maximum atomic E-state index is 12.0. The molecule has 0 bridgehead atoms. The summed E-state index contributed by atoms with van der Waals surface area (Å²) in [6, 6.07) is 0. The van der Waals surface area contributed by atoms with E-state index < -0.39 is 0 Å². The lowest BCUT2D eigenvalue weighted by atomic mass is 10.0. The molecule has 1 rings (SSSR count). The molecule has 0 N–H and O–H groups in total. The number of carbonyl (C=O) groups is 1. The third kappa shape index (κ3) is 3.82. The third-order valence-electron chi connectivity index (χ3n) is 3.23. The van der Waals surface area contributed by atoms with Gasteiger partial charge in [0.1, 0.15) is 0 Å². The molecule has 0 aliphatic carbocycles. The van der Waals surface area contributed by atoms with Crippen LogP contribution in [-0.2, 0) is 4.79 Å². The zero-order chi connectivity index (χ0) is 11.3. The Balaban J connectivity index is 2.32. The quantitative estimate of drug-likeness (QED) is 0.706. The lowest BCUT2D eigenvalue weighted by Gasteiger charge is -2.34. The van der Waals surface area contributed by atoms with Crippen LogP contribution in [0.5, 0.6) is 0 Å². The van der Waals surface area contributed by atoms with Gasteiger partial charge in [-0.05, 0) is 13.5 Å². The second-order valence-electron chi connectivity index (χ2n) is 4.67. The average Bonchev–Trinajstić information content (AvgIpc) is 2.26. The van der Waals surface area contributed by atoms with E-state index in [9.17, 15) is 4.79 Å². The van der Waals surface area contributed by atoms with Crippen LogP contribution in [0.15, 0.2) is 0 Å². The van der Waals surface area contributed by atoms with Gasteiger partial charge in [-0.3, -0.25) is 4.79 Å². The van der Waals surface area contributed by atoms with Crippen LogP contribution in [0, 0.1) is 5.92 Å². The van der Waals surface area contributed by atoms with Crippen molar-refractivity contribution in [3.63, 3.8) is 0 Å². The number of likely N-dealkylation sites (N-methyl/N-ethyl adjacent to an activating group) is 1. The average molecular weight is 212 g/mol. The molecule has 0 aromatic rings. The molecule has 1 fully saturated rings. The van der Waals surface area contributed by atoms with Gasteiger partial charge in [-0.25, -0.2) is 0 Å². The minimum absolute atomic E-state index is 0.216. The highest BCUT2D eigenvalue weighted by Gasteiger charge is 2.22. The fourth-order valence-electron chi connectivity index (χ4n) is 1.97. The van der Waals surface area contributed by atoms with E-state index in [4.69, 9.17) is 0 Å². The molecule has 1 atom stereocenters. The summed E-state index contributed by atoms with van der Waals surface area (Å²) < 4.78 is 0. The summed E-state index contributed by atoms with van der Waals surface area (Å²) in [5, 5.41) is 0. The first kappa shape index (κ1) is 12.5. The molecule has 0 saturated carbocycles. The molecule has 3 nitrogen and oxygen atoms in total. The normalized spacial score (nSPS) is 20.3. The number of hydrogen-bond acceptors (Lipinski definition) is 2. The molecule has 1 saturated heterocycles. The Bertz CT molecular complexity index is 198. The molecule has 0 radical (unpaired) electrons. The van der Waals surface area contributed by atoms with E-state index in [-0.39, 0.29) is 5.92 Å². The maximum Gasteiger partial charge on any atom is 0.225 e. The van der Waals surface area contributed by atoms with Crippen molar-refractivity contribution in [3.8, 4) is 0 Å². The van der Waals surface area contributed by atoms with Crippen LogP contribution in [0.25, 0.3) is 0 Å². The molecular formula is C12H24N2O. The number of hydrogen-bond donors (Lipinski definition) is 0. The number of carbonyl (C=O) groups excluding carboxylic acids is 1. The zero-order valence-electron chi connectivity index (χ0n) is 10.3. The summed E-state index contributed by atoms with van der Waals surface area (Å²) in [5.41, 5.74) is 0. The van der Waals surface area contributed by atoms with E-state index in [1.54, 1.807) is 0 Å². The van der Waals surface area contributed by atoms with Gasteiger partial charge in [-0.2, -0.15) is 0 Å². The van der Waals surface area contributed by atoms with E-state index in [0.717, 1.165) is 32.6 Å². The van der Waals surface area contributed by atoms with Crippen molar-refractivity contribution < 1.29 is 4.79 Å². The molecule has 0 aromatic heterocycles. The minimum atomic E-state index is 0.216. The van der Waals surface area contributed by atoms with Gasteiger partial charge in [0.15, 0.2) is 0 Å². The highest BCUT2D eigenvalue weighted by molar-refractivity contribution is 5.78. The van der Waals surface area contributed by atoms with Crippen molar-refractivity contribution in [1.29, 1.82) is 0 Å². The SMILES string of the molecule is CCCCC(C)C(=O)N1CCN(C)CC1. The van der Waals surface area contributed by atoms with E-state index in [1.807, 2.05) is 4.90 Å². The summed E-state index contributed by atoms with van der Waals surface area (Å²) in [4.78, 5) is 16.3. The van der Waals surface area contributed by atoms with Crippen molar-refractivity contribution in [2.75, 3.05) is 33.2 Å². The van der Waals surface area contributed by atoms with Crippen LogP contribution in [-0.4, -0.2) is 48.9 Å². The molecule has 1 amide bonds. The van der Waals surface area contributed by atoms with Crippen molar-refractivity contribution >= 4 is 5.91 Å². The molecule has 1 aliphatic rings. The molecule has 0 aromatic carbocycles. The lowest BCUT2D eigenvalue weighted by molar-refractivity contribution is -0.136. The first-order chi connectivity index (χ1) is 7.15. The van der Waals surface area contributed by atoms with Gasteiger partial charge < -0.3 is 9.80 Å². The molecule has 1 heterocycles. The number of unbranched alkanes of at least 4 members (excludes halogenated alkanes) is 1. The summed E-state index contributed by atoms with van der Waals surface area (Å²) >= 11 is 0. The molecule has 0 spiro atoms. The Hall–Kier alpha value is -0.570. The van der Waals surface area contributed by atoms with Gasteiger partial charge in [0.05, 0.1) is 0 Å². The molecule has 3 heteroatoms. The number of piperazine rings is 1. The van der Waals surface area contributed by atoms with Gasteiger partial charge in [0.2, 0.25) is 5.91 Å². The number of rotatable bonds is 4. The first-order valence-corrected chi connectivity index (χ1v) is 6.12. The van der Waals surface area contributed by atoms with Crippen LogP contribution in [0.1, 0.15) is 33.1 Å². The monoisotopic (exact) mass is 212 g/mol. The predicted octanol–water partition coefficient (Wildman–Crippen LogP) is 1.59. The second-order valence-corrected chi connectivity index (χ2v) is 4.67. The van der Waals surface area contributed by atoms with E-state index >= 15 is 0 Å². The molecular weight excluding hydrogens is 188 g/mol. The number of nitrogens with zero attached hydrogens (tertiary/aromatic N) is 2. The van der Waals surface area contributed by atoms with Crippen LogP contribution >= 0.6 is 0 Å². The Kier molecular flexibility index (Phi) is 5.09. The van der Waals surface area contributed by atoms with E-state index in [0.29, 0.717) is 5.91 Å². The summed E-state index contributed by atoms with van der Waals surface area (Å²) in [7, 11) is 2.11. The second kappa shape index (κ2) is 6.11. The predicted molar refractivity (Wildman–Crippen MR) is 62.8 cm³/mol. The fourth-order valence-corrected chi connectivity index (χ4v) is 1.97. The minimum Gasteiger partial charge on any atom is -0.340 e. The van der Waals surface area contributed by atoms with Gasteiger partial charge in [-0.1, -0.05) is 26.7 Å². The van der Waals surface area contributed by atoms with Crippen LogP contribution in [0.2, 0.25) is 0 Å². The van der Waals surface area contributed by atoms with Crippen molar-refractivity contribution in [3.05, 3.63) is 0 Å². The van der Waals surface area contributed by atoms with Gasteiger partial charge >= 0.3 is 0 Å².